The second kappa shape index (κ2) is 6.04. The van der Waals surface area contributed by atoms with Crippen molar-refractivity contribution in [3.8, 4) is 11.8 Å². The van der Waals surface area contributed by atoms with Gasteiger partial charge in [0.25, 0.3) is 5.69 Å². The number of hydrogen-bond acceptors (Lipinski definition) is 4. The number of ether oxygens (including phenoxy) is 1. The molecule has 0 N–H and O–H groups in total. The molecule has 2 aromatic rings. The van der Waals surface area contributed by atoms with Crippen molar-refractivity contribution in [2.75, 3.05) is 0 Å². The number of nitrogens with zero attached hydrogens (tertiary/aromatic N) is 2. The van der Waals surface area contributed by atoms with Crippen molar-refractivity contribution in [2.45, 2.75) is 6.61 Å². The quantitative estimate of drug-likeness (QED) is 0.635. The van der Waals surface area contributed by atoms with Gasteiger partial charge in [-0.1, -0.05) is 29.8 Å². The summed E-state index contributed by atoms with van der Waals surface area (Å²) < 4.78 is 5.50. The number of hydrogen-bond donors (Lipinski definition) is 0. The van der Waals surface area contributed by atoms with Crippen LogP contribution < -0.4 is 4.74 Å². The lowest BCUT2D eigenvalue weighted by atomic mass is 10.2. The molecule has 0 fully saturated rings. The third kappa shape index (κ3) is 3.05. The van der Waals surface area contributed by atoms with Crippen LogP contribution in [0.25, 0.3) is 0 Å². The molecule has 0 saturated carbocycles. The van der Waals surface area contributed by atoms with Crippen molar-refractivity contribution in [1.29, 1.82) is 5.26 Å². The molecule has 0 aliphatic carbocycles. The van der Waals surface area contributed by atoms with Gasteiger partial charge in [-0.25, -0.2) is 0 Å². The molecule has 0 aromatic heterocycles. The highest BCUT2D eigenvalue weighted by atomic mass is 35.5. The van der Waals surface area contributed by atoms with E-state index in [1.165, 1.54) is 12.1 Å². The molecule has 0 heterocycles. The van der Waals surface area contributed by atoms with Crippen molar-refractivity contribution in [3.05, 3.63) is 68.7 Å². The van der Waals surface area contributed by atoms with Gasteiger partial charge in [-0.2, -0.15) is 5.26 Å². The van der Waals surface area contributed by atoms with Crippen LogP contribution in [0.1, 0.15) is 11.1 Å². The van der Waals surface area contributed by atoms with Gasteiger partial charge in [-0.15, -0.1) is 0 Å². The minimum absolute atomic E-state index is 0.0798. The number of nitro benzene ring substituents is 1. The molecule has 0 bridgehead atoms. The fourth-order valence-electron chi connectivity index (χ4n) is 1.63. The number of rotatable bonds is 4. The first kappa shape index (κ1) is 13.8. The van der Waals surface area contributed by atoms with Crippen LogP contribution in [0.4, 0.5) is 5.69 Å². The first-order valence-corrected chi connectivity index (χ1v) is 6.04. The minimum atomic E-state index is -0.547. The van der Waals surface area contributed by atoms with Gasteiger partial charge in [0.2, 0.25) is 0 Å². The molecule has 0 saturated heterocycles. The standard InChI is InChI=1S/C14H9ClN2O3/c15-12-6-5-10(7-13(12)17(18)19)9-20-14-4-2-1-3-11(14)8-16/h1-7H,9H2. The molecule has 0 spiro atoms. The van der Waals surface area contributed by atoms with Crippen molar-refractivity contribution >= 4 is 17.3 Å². The second-order valence-corrected chi connectivity index (χ2v) is 4.35. The number of para-hydroxylation sites is 1. The molecular formula is C14H9ClN2O3. The summed E-state index contributed by atoms with van der Waals surface area (Å²) in [6.07, 6.45) is 0. The molecule has 100 valence electrons. The predicted molar refractivity (Wildman–Crippen MR) is 73.6 cm³/mol. The summed E-state index contributed by atoms with van der Waals surface area (Å²) >= 11 is 5.73. The third-order valence-electron chi connectivity index (χ3n) is 2.61. The summed E-state index contributed by atoms with van der Waals surface area (Å²) in [7, 11) is 0. The Bertz CT molecular complexity index is 695. The molecule has 6 heteroatoms. The van der Waals surface area contributed by atoms with E-state index >= 15 is 0 Å². The lowest BCUT2D eigenvalue weighted by molar-refractivity contribution is -0.384. The molecule has 0 unspecified atom stereocenters. The Morgan fingerprint density at radius 3 is 2.75 bits per heavy atom. The largest absolute Gasteiger partial charge is 0.488 e. The Balaban J connectivity index is 2.18. The van der Waals surface area contributed by atoms with Gasteiger partial charge >= 0.3 is 0 Å². The van der Waals surface area contributed by atoms with E-state index in [2.05, 4.69) is 0 Å². The van der Waals surface area contributed by atoms with Crippen molar-refractivity contribution in [3.63, 3.8) is 0 Å². The van der Waals surface area contributed by atoms with Crippen molar-refractivity contribution in [1.82, 2.24) is 0 Å². The van der Waals surface area contributed by atoms with E-state index in [4.69, 9.17) is 21.6 Å². The molecule has 0 aliphatic rings. The highest BCUT2D eigenvalue weighted by molar-refractivity contribution is 6.32. The second-order valence-electron chi connectivity index (χ2n) is 3.94. The van der Waals surface area contributed by atoms with Crippen molar-refractivity contribution < 1.29 is 9.66 Å². The van der Waals surface area contributed by atoms with Crippen LogP contribution in [0.2, 0.25) is 5.02 Å². The third-order valence-corrected chi connectivity index (χ3v) is 2.93. The van der Waals surface area contributed by atoms with E-state index < -0.39 is 4.92 Å². The van der Waals surface area contributed by atoms with E-state index in [0.717, 1.165) is 0 Å². The zero-order valence-corrected chi connectivity index (χ0v) is 11.0. The molecule has 0 radical (unpaired) electrons. The number of nitro groups is 1. The SMILES string of the molecule is N#Cc1ccccc1OCc1ccc(Cl)c([N+](=O)[O-])c1. The van der Waals surface area contributed by atoms with Gasteiger partial charge < -0.3 is 4.74 Å². The highest BCUT2D eigenvalue weighted by Gasteiger charge is 2.13. The molecule has 0 atom stereocenters. The maximum Gasteiger partial charge on any atom is 0.288 e. The summed E-state index contributed by atoms with van der Waals surface area (Å²) in [5.74, 6) is 0.438. The average molecular weight is 289 g/mol. The Hall–Kier alpha value is -2.58. The van der Waals surface area contributed by atoms with Gasteiger partial charge in [0.05, 0.1) is 10.5 Å². The summed E-state index contributed by atoms with van der Waals surface area (Å²) in [5, 5.41) is 19.8. The summed E-state index contributed by atoms with van der Waals surface area (Å²) in [6, 6.07) is 13.3. The monoisotopic (exact) mass is 288 g/mol. The molecule has 20 heavy (non-hydrogen) atoms. The minimum Gasteiger partial charge on any atom is -0.488 e. The van der Waals surface area contributed by atoms with E-state index in [1.807, 2.05) is 6.07 Å². The lowest BCUT2D eigenvalue weighted by Crippen LogP contribution is -1.98. The van der Waals surface area contributed by atoms with Crippen LogP contribution in [0.15, 0.2) is 42.5 Å². The zero-order chi connectivity index (χ0) is 14.5. The fourth-order valence-corrected chi connectivity index (χ4v) is 1.82. The van der Waals surface area contributed by atoms with Crippen LogP contribution >= 0.6 is 11.6 Å². The predicted octanol–water partition coefficient (Wildman–Crippen LogP) is 3.70. The Morgan fingerprint density at radius 1 is 1.30 bits per heavy atom. The number of halogens is 1. The van der Waals surface area contributed by atoms with E-state index in [-0.39, 0.29) is 17.3 Å². The normalized spacial score (nSPS) is 9.80. The number of benzene rings is 2. The number of nitriles is 1. The Kier molecular flexibility index (Phi) is 4.18. The molecule has 0 aliphatic heterocycles. The van der Waals surface area contributed by atoms with Crippen LogP contribution in [0.3, 0.4) is 0 Å². The zero-order valence-electron chi connectivity index (χ0n) is 10.2. The molecule has 5 nitrogen and oxygen atoms in total. The topological polar surface area (TPSA) is 76.2 Å². The smallest absolute Gasteiger partial charge is 0.288 e. The van der Waals surface area contributed by atoms with Gasteiger partial charge in [-0.3, -0.25) is 10.1 Å². The Morgan fingerprint density at radius 2 is 2.05 bits per heavy atom. The summed E-state index contributed by atoms with van der Waals surface area (Å²) in [5.41, 5.74) is 0.853. The first-order valence-electron chi connectivity index (χ1n) is 5.66. The van der Waals surface area contributed by atoms with E-state index in [9.17, 15) is 10.1 Å². The molecule has 0 amide bonds. The maximum absolute atomic E-state index is 10.8. The lowest BCUT2D eigenvalue weighted by Gasteiger charge is -2.07. The average Bonchev–Trinajstić information content (AvgIpc) is 2.46. The molecular weight excluding hydrogens is 280 g/mol. The van der Waals surface area contributed by atoms with Crippen LogP contribution in [-0.4, -0.2) is 4.92 Å². The van der Waals surface area contributed by atoms with Gasteiger partial charge in [0.15, 0.2) is 0 Å². The Labute approximate surface area is 120 Å². The van der Waals surface area contributed by atoms with E-state index in [0.29, 0.717) is 16.9 Å². The summed E-state index contributed by atoms with van der Waals surface area (Å²) in [4.78, 5) is 10.2. The van der Waals surface area contributed by atoms with Crippen LogP contribution in [0.5, 0.6) is 5.75 Å². The molecule has 2 aromatic carbocycles. The van der Waals surface area contributed by atoms with Crippen LogP contribution in [0, 0.1) is 21.4 Å². The van der Waals surface area contributed by atoms with E-state index in [1.54, 1.807) is 30.3 Å². The van der Waals surface area contributed by atoms with Gasteiger partial charge in [0, 0.05) is 6.07 Å². The fraction of sp³-hybridized carbons (Fsp3) is 0.0714. The first-order chi connectivity index (χ1) is 9.61. The van der Waals surface area contributed by atoms with Gasteiger partial charge in [0.1, 0.15) is 23.4 Å². The van der Waals surface area contributed by atoms with Gasteiger partial charge in [-0.05, 0) is 23.8 Å². The highest BCUT2D eigenvalue weighted by Crippen LogP contribution is 2.26. The van der Waals surface area contributed by atoms with Crippen LogP contribution in [-0.2, 0) is 6.61 Å². The molecule has 2 rings (SSSR count). The maximum atomic E-state index is 10.8. The van der Waals surface area contributed by atoms with Crippen molar-refractivity contribution in [2.24, 2.45) is 0 Å². The summed E-state index contributed by atoms with van der Waals surface area (Å²) in [6.45, 7) is 0.122.